The number of carbonyl (C=O) groups is 1. The number of fused-ring (bicyclic) bond motifs is 1. The molecule has 1 aliphatic heterocycles. The Bertz CT molecular complexity index is 496. The van der Waals surface area contributed by atoms with E-state index in [1.54, 1.807) is 11.9 Å². The van der Waals surface area contributed by atoms with Crippen LogP contribution in [0, 0.1) is 0 Å². The number of unbranched alkanes of at least 4 members (excludes halogenated alkanes) is 1. The largest absolute Gasteiger partial charge is 0.411 e. The molecular weight excluding hydrogens is 266 g/mol. The number of rotatable bonds is 4. The molecule has 1 aromatic rings. The third-order valence-corrected chi connectivity index (χ3v) is 3.68. The molecule has 0 unspecified atom stereocenters. The van der Waals surface area contributed by atoms with Gasteiger partial charge < -0.3 is 14.7 Å². The van der Waals surface area contributed by atoms with Crippen LogP contribution in [0.3, 0.4) is 0 Å². The zero-order valence-electron chi connectivity index (χ0n) is 11.0. The van der Waals surface area contributed by atoms with Crippen LogP contribution in [0.15, 0.2) is 17.4 Å². The second-order valence-corrected chi connectivity index (χ2v) is 5.07. The third-order valence-electron chi connectivity index (χ3n) is 3.41. The number of carbonyl (C=O) groups excluding carboxylic acids is 1. The number of hydrogen-bond donors (Lipinski definition) is 1. The Hall–Kier alpha value is -1.49. The lowest BCUT2D eigenvalue weighted by Crippen LogP contribution is -2.28. The topological polar surface area (TPSA) is 57.8 Å². The van der Waals surface area contributed by atoms with Gasteiger partial charge in [-0.05, 0) is 18.9 Å². The lowest BCUT2D eigenvalue weighted by molar-refractivity contribution is 0.0791. The van der Waals surface area contributed by atoms with E-state index < -0.39 is 0 Å². The van der Waals surface area contributed by atoms with E-state index in [9.17, 15) is 4.79 Å². The Morgan fingerprint density at radius 3 is 2.95 bits per heavy atom. The molecule has 1 N–H and O–H groups in total. The summed E-state index contributed by atoms with van der Waals surface area (Å²) in [5.74, 6) is 0.602. The SMILES string of the molecule is CN1CCC(=NO)c2ccn(CCCCCl)c2C1=O. The Labute approximate surface area is 117 Å². The summed E-state index contributed by atoms with van der Waals surface area (Å²) in [5, 5.41) is 12.4. The van der Waals surface area contributed by atoms with Gasteiger partial charge in [-0.15, -0.1) is 11.6 Å². The number of nitrogens with zero attached hydrogens (tertiary/aromatic N) is 3. The summed E-state index contributed by atoms with van der Waals surface area (Å²) in [7, 11) is 1.77. The molecule has 0 spiro atoms. The Morgan fingerprint density at radius 2 is 2.26 bits per heavy atom. The van der Waals surface area contributed by atoms with Crippen LogP contribution in [0.25, 0.3) is 0 Å². The van der Waals surface area contributed by atoms with Crippen molar-refractivity contribution in [1.82, 2.24) is 9.47 Å². The van der Waals surface area contributed by atoms with Crippen LogP contribution < -0.4 is 0 Å². The lowest BCUT2D eigenvalue weighted by Gasteiger charge is -2.15. The minimum atomic E-state index is -0.0236. The van der Waals surface area contributed by atoms with Gasteiger partial charge in [-0.2, -0.15) is 0 Å². The average Bonchev–Trinajstić information content (AvgIpc) is 2.77. The summed E-state index contributed by atoms with van der Waals surface area (Å²) in [5.41, 5.74) is 1.92. The van der Waals surface area contributed by atoms with Crippen molar-refractivity contribution in [2.45, 2.75) is 25.8 Å². The maximum atomic E-state index is 12.4. The Morgan fingerprint density at radius 1 is 1.47 bits per heavy atom. The van der Waals surface area contributed by atoms with Gasteiger partial charge in [-0.25, -0.2) is 0 Å². The summed E-state index contributed by atoms with van der Waals surface area (Å²) in [6.45, 7) is 1.31. The monoisotopic (exact) mass is 283 g/mol. The molecule has 0 atom stereocenters. The fraction of sp³-hybridized carbons (Fsp3) is 0.538. The van der Waals surface area contributed by atoms with Crippen LogP contribution >= 0.6 is 11.6 Å². The summed E-state index contributed by atoms with van der Waals surface area (Å²) in [6, 6.07) is 1.85. The first-order valence-corrected chi connectivity index (χ1v) is 6.94. The molecule has 2 rings (SSSR count). The van der Waals surface area contributed by atoms with E-state index in [0.717, 1.165) is 24.9 Å². The molecule has 0 aromatic carbocycles. The molecule has 0 saturated carbocycles. The van der Waals surface area contributed by atoms with Gasteiger partial charge in [-0.1, -0.05) is 5.16 Å². The van der Waals surface area contributed by atoms with Gasteiger partial charge in [0.25, 0.3) is 5.91 Å². The highest BCUT2D eigenvalue weighted by Crippen LogP contribution is 2.20. The van der Waals surface area contributed by atoms with Gasteiger partial charge >= 0.3 is 0 Å². The van der Waals surface area contributed by atoms with E-state index in [2.05, 4.69) is 5.16 Å². The van der Waals surface area contributed by atoms with E-state index in [1.807, 2.05) is 16.8 Å². The minimum Gasteiger partial charge on any atom is -0.411 e. The van der Waals surface area contributed by atoms with E-state index >= 15 is 0 Å². The van der Waals surface area contributed by atoms with Crippen LogP contribution in [0.2, 0.25) is 0 Å². The predicted octanol–water partition coefficient (Wildman–Crippen LogP) is 2.16. The van der Waals surface area contributed by atoms with Crippen LogP contribution in [0.5, 0.6) is 0 Å². The molecule has 0 fully saturated rings. The molecule has 0 radical (unpaired) electrons. The average molecular weight is 284 g/mol. The van der Waals surface area contributed by atoms with Gasteiger partial charge in [-0.3, -0.25) is 4.79 Å². The predicted molar refractivity (Wildman–Crippen MR) is 74.3 cm³/mol. The second-order valence-electron chi connectivity index (χ2n) is 4.69. The molecular formula is C13H18ClN3O2. The molecule has 1 amide bonds. The highest BCUT2D eigenvalue weighted by atomic mass is 35.5. The van der Waals surface area contributed by atoms with Crippen LogP contribution in [0.4, 0.5) is 0 Å². The van der Waals surface area contributed by atoms with Crippen LogP contribution in [-0.4, -0.2) is 45.8 Å². The molecule has 2 heterocycles. The van der Waals surface area contributed by atoms with Crippen molar-refractivity contribution in [3.8, 4) is 0 Å². The summed E-state index contributed by atoms with van der Waals surface area (Å²) >= 11 is 5.67. The number of hydrogen-bond acceptors (Lipinski definition) is 3. The normalized spacial score (nSPS) is 17.7. The quantitative estimate of drug-likeness (QED) is 0.398. The summed E-state index contributed by atoms with van der Waals surface area (Å²) in [6.07, 6.45) is 4.28. The maximum Gasteiger partial charge on any atom is 0.270 e. The van der Waals surface area contributed by atoms with Crippen molar-refractivity contribution in [2.75, 3.05) is 19.5 Å². The zero-order valence-corrected chi connectivity index (χ0v) is 11.7. The van der Waals surface area contributed by atoms with E-state index in [4.69, 9.17) is 16.8 Å². The number of aromatic nitrogens is 1. The van der Waals surface area contributed by atoms with Gasteiger partial charge in [0.05, 0.1) is 5.71 Å². The van der Waals surface area contributed by atoms with E-state index in [0.29, 0.717) is 30.3 Å². The standard InChI is InChI=1S/C13H18ClN3O2/c1-16-8-5-11(15-19)10-4-9-17(7-3-2-6-14)12(10)13(16)18/h4,9,19H,2-3,5-8H2,1H3. The highest BCUT2D eigenvalue weighted by molar-refractivity contribution is 6.17. The summed E-state index contributed by atoms with van der Waals surface area (Å²) in [4.78, 5) is 14.0. The zero-order chi connectivity index (χ0) is 13.8. The first kappa shape index (κ1) is 13.9. The number of halogens is 1. The molecule has 19 heavy (non-hydrogen) atoms. The number of amides is 1. The number of oxime groups is 1. The fourth-order valence-corrected chi connectivity index (χ4v) is 2.49. The lowest BCUT2D eigenvalue weighted by atomic mass is 10.1. The fourth-order valence-electron chi connectivity index (χ4n) is 2.30. The molecule has 6 heteroatoms. The van der Waals surface area contributed by atoms with Crippen molar-refractivity contribution < 1.29 is 10.0 Å². The first-order valence-electron chi connectivity index (χ1n) is 6.41. The van der Waals surface area contributed by atoms with Gasteiger partial charge in [0.2, 0.25) is 0 Å². The van der Waals surface area contributed by atoms with Crippen molar-refractivity contribution in [3.63, 3.8) is 0 Å². The van der Waals surface area contributed by atoms with Gasteiger partial charge in [0.1, 0.15) is 5.69 Å². The van der Waals surface area contributed by atoms with Crippen molar-refractivity contribution in [2.24, 2.45) is 5.16 Å². The number of aryl methyl sites for hydroxylation is 1. The molecule has 0 bridgehead atoms. The van der Waals surface area contributed by atoms with E-state index in [-0.39, 0.29) is 5.91 Å². The van der Waals surface area contributed by atoms with Crippen LogP contribution in [0.1, 0.15) is 35.3 Å². The molecule has 0 saturated heterocycles. The summed E-state index contributed by atoms with van der Waals surface area (Å²) < 4.78 is 1.93. The van der Waals surface area contributed by atoms with Gasteiger partial charge in [0, 0.05) is 44.2 Å². The Balaban J connectivity index is 2.34. The first-order chi connectivity index (χ1) is 9.19. The van der Waals surface area contributed by atoms with Crippen molar-refractivity contribution >= 4 is 23.2 Å². The van der Waals surface area contributed by atoms with E-state index in [1.165, 1.54) is 0 Å². The Kier molecular flexibility index (Phi) is 4.47. The van der Waals surface area contributed by atoms with Crippen molar-refractivity contribution in [1.29, 1.82) is 0 Å². The molecule has 104 valence electrons. The number of alkyl halides is 1. The van der Waals surface area contributed by atoms with Crippen LogP contribution in [-0.2, 0) is 6.54 Å². The van der Waals surface area contributed by atoms with Gasteiger partial charge in [0.15, 0.2) is 0 Å². The van der Waals surface area contributed by atoms with Crippen molar-refractivity contribution in [3.05, 3.63) is 23.5 Å². The maximum absolute atomic E-state index is 12.4. The smallest absolute Gasteiger partial charge is 0.270 e. The minimum absolute atomic E-state index is 0.0236. The highest BCUT2D eigenvalue weighted by Gasteiger charge is 2.27. The molecule has 5 nitrogen and oxygen atoms in total. The second kappa shape index (κ2) is 6.10. The molecule has 0 aliphatic carbocycles. The molecule has 1 aromatic heterocycles. The molecule has 1 aliphatic rings. The third kappa shape index (κ3) is 2.76.